The molecule has 1 unspecified atom stereocenters. The van der Waals surface area contributed by atoms with Crippen LogP contribution in [0.15, 0.2) is 18.2 Å². The molecule has 1 aromatic rings. The molecule has 1 N–H and O–H groups in total. The average Bonchev–Trinajstić information content (AvgIpc) is 2.37. The summed E-state index contributed by atoms with van der Waals surface area (Å²) in [6.45, 7) is 8.80. The van der Waals surface area contributed by atoms with Gasteiger partial charge in [0.2, 0.25) is 0 Å². The van der Waals surface area contributed by atoms with E-state index in [-0.39, 0.29) is 11.7 Å². The lowest BCUT2D eigenvalue weighted by molar-refractivity contribution is 0.0926. The minimum absolute atomic E-state index is 0.0739. The Morgan fingerprint density at radius 2 is 2.21 bits per heavy atom. The highest BCUT2D eigenvalue weighted by atomic mass is 16.5. The summed E-state index contributed by atoms with van der Waals surface area (Å²) < 4.78 is 5.85. The van der Waals surface area contributed by atoms with Gasteiger partial charge >= 0.3 is 0 Å². The van der Waals surface area contributed by atoms with Crippen molar-refractivity contribution >= 4 is 5.78 Å². The van der Waals surface area contributed by atoms with Gasteiger partial charge in [0.1, 0.15) is 5.75 Å². The molecule has 0 bridgehead atoms. The van der Waals surface area contributed by atoms with E-state index in [0.717, 1.165) is 43.0 Å². The van der Waals surface area contributed by atoms with Gasteiger partial charge in [0.25, 0.3) is 0 Å². The molecule has 0 aromatic heterocycles. The van der Waals surface area contributed by atoms with Crippen LogP contribution < -0.4 is 10.1 Å². The number of ketones is 1. The summed E-state index contributed by atoms with van der Waals surface area (Å²) in [5.74, 6) is 1.75. The van der Waals surface area contributed by atoms with E-state index in [9.17, 15) is 4.79 Å². The molecular formula is C16H23NO2. The Morgan fingerprint density at radius 1 is 1.47 bits per heavy atom. The standard InChI is InChI=1S/C16H23NO2/c1-4-11(2)16(18)14-6-5-7-15(12(14)3)19-10-13-8-17-9-13/h5-7,11,13,17H,4,8-10H2,1-3H3. The largest absolute Gasteiger partial charge is 0.493 e. The van der Waals surface area contributed by atoms with Crippen LogP contribution in [0.1, 0.15) is 36.2 Å². The van der Waals surface area contributed by atoms with Crippen LogP contribution in [0.3, 0.4) is 0 Å². The summed E-state index contributed by atoms with van der Waals surface area (Å²) in [5.41, 5.74) is 1.78. The van der Waals surface area contributed by atoms with Crippen LogP contribution in [0, 0.1) is 18.8 Å². The van der Waals surface area contributed by atoms with Gasteiger partial charge in [0.05, 0.1) is 6.61 Å². The predicted molar refractivity (Wildman–Crippen MR) is 76.8 cm³/mol. The van der Waals surface area contributed by atoms with Gasteiger partial charge in [-0.25, -0.2) is 0 Å². The van der Waals surface area contributed by atoms with Crippen LogP contribution in [0.2, 0.25) is 0 Å². The van der Waals surface area contributed by atoms with Crippen molar-refractivity contribution < 1.29 is 9.53 Å². The zero-order valence-electron chi connectivity index (χ0n) is 12.0. The first-order chi connectivity index (χ1) is 9.13. The lowest BCUT2D eigenvalue weighted by Crippen LogP contribution is -2.45. The molecule has 19 heavy (non-hydrogen) atoms. The summed E-state index contributed by atoms with van der Waals surface area (Å²) >= 11 is 0. The quantitative estimate of drug-likeness (QED) is 0.800. The molecule has 1 aromatic carbocycles. The highest BCUT2D eigenvalue weighted by Crippen LogP contribution is 2.25. The van der Waals surface area contributed by atoms with E-state index < -0.39 is 0 Å². The van der Waals surface area contributed by atoms with Gasteiger partial charge in [0.15, 0.2) is 5.78 Å². The van der Waals surface area contributed by atoms with Gasteiger partial charge in [-0.05, 0) is 19.4 Å². The van der Waals surface area contributed by atoms with Crippen LogP contribution in [0.4, 0.5) is 0 Å². The number of benzene rings is 1. The molecule has 104 valence electrons. The van der Waals surface area contributed by atoms with Crippen molar-refractivity contribution in [1.29, 1.82) is 0 Å². The Morgan fingerprint density at radius 3 is 2.79 bits per heavy atom. The Labute approximate surface area is 115 Å². The second kappa shape index (κ2) is 6.20. The van der Waals surface area contributed by atoms with Crippen LogP contribution in [-0.2, 0) is 0 Å². The number of nitrogens with one attached hydrogen (secondary N) is 1. The maximum absolute atomic E-state index is 12.3. The van der Waals surface area contributed by atoms with E-state index in [4.69, 9.17) is 4.74 Å². The van der Waals surface area contributed by atoms with Gasteiger partial charge in [-0.3, -0.25) is 4.79 Å². The highest BCUT2D eigenvalue weighted by Gasteiger charge is 2.20. The van der Waals surface area contributed by atoms with E-state index >= 15 is 0 Å². The second-order valence-electron chi connectivity index (χ2n) is 5.44. The van der Waals surface area contributed by atoms with E-state index in [1.165, 1.54) is 0 Å². The smallest absolute Gasteiger partial charge is 0.166 e. The van der Waals surface area contributed by atoms with Gasteiger partial charge in [-0.1, -0.05) is 26.0 Å². The molecule has 1 aliphatic rings. The van der Waals surface area contributed by atoms with Crippen LogP contribution in [-0.4, -0.2) is 25.5 Å². The molecular weight excluding hydrogens is 238 g/mol. The molecule has 1 aliphatic heterocycles. The summed E-state index contributed by atoms with van der Waals surface area (Å²) in [7, 11) is 0. The number of hydrogen-bond acceptors (Lipinski definition) is 3. The molecule has 0 saturated carbocycles. The van der Waals surface area contributed by atoms with Gasteiger partial charge < -0.3 is 10.1 Å². The molecule has 1 heterocycles. The van der Waals surface area contributed by atoms with Crippen molar-refractivity contribution in [2.75, 3.05) is 19.7 Å². The van der Waals surface area contributed by atoms with Crippen molar-refractivity contribution in [1.82, 2.24) is 5.32 Å². The van der Waals surface area contributed by atoms with Crippen LogP contribution in [0.25, 0.3) is 0 Å². The Kier molecular flexibility index (Phi) is 4.59. The summed E-state index contributed by atoms with van der Waals surface area (Å²) in [6.07, 6.45) is 0.872. The van der Waals surface area contributed by atoms with E-state index in [0.29, 0.717) is 5.92 Å². The SMILES string of the molecule is CCC(C)C(=O)c1cccc(OCC2CNC2)c1C. The zero-order chi connectivity index (χ0) is 13.8. The number of rotatable bonds is 6. The van der Waals surface area contributed by atoms with E-state index in [2.05, 4.69) is 5.32 Å². The summed E-state index contributed by atoms with van der Waals surface area (Å²) in [5, 5.41) is 3.23. The maximum atomic E-state index is 12.3. The number of carbonyl (C=O) groups is 1. The Bertz CT molecular complexity index is 452. The topological polar surface area (TPSA) is 38.3 Å². The van der Waals surface area contributed by atoms with Crippen molar-refractivity contribution in [3.05, 3.63) is 29.3 Å². The number of ether oxygens (including phenoxy) is 1. The van der Waals surface area contributed by atoms with Crippen LogP contribution >= 0.6 is 0 Å². The Hall–Kier alpha value is -1.35. The van der Waals surface area contributed by atoms with Gasteiger partial charge in [-0.2, -0.15) is 0 Å². The molecule has 1 saturated heterocycles. The van der Waals surface area contributed by atoms with E-state index in [1.807, 2.05) is 39.0 Å². The molecule has 1 fully saturated rings. The fraction of sp³-hybridized carbons (Fsp3) is 0.562. The third-order valence-electron chi connectivity index (χ3n) is 3.95. The first-order valence-electron chi connectivity index (χ1n) is 7.10. The van der Waals surface area contributed by atoms with Crippen molar-refractivity contribution in [2.45, 2.75) is 27.2 Å². The molecule has 1 atom stereocenters. The average molecular weight is 261 g/mol. The minimum atomic E-state index is 0.0739. The third-order valence-corrected chi connectivity index (χ3v) is 3.95. The molecule has 2 rings (SSSR count). The minimum Gasteiger partial charge on any atom is -0.493 e. The summed E-state index contributed by atoms with van der Waals surface area (Å²) in [4.78, 5) is 12.3. The first-order valence-corrected chi connectivity index (χ1v) is 7.10. The van der Waals surface area contributed by atoms with Crippen molar-refractivity contribution in [2.24, 2.45) is 11.8 Å². The fourth-order valence-electron chi connectivity index (χ4n) is 2.16. The van der Waals surface area contributed by atoms with Gasteiger partial charge in [-0.15, -0.1) is 0 Å². The fourth-order valence-corrected chi connectivity index (χ4v) is 2.16. The highest BCUT2D eigenvalue weighted by molar-refractivity contribution is 5.99. The molecule has 0 aliphatic carbocycles. The number of Topliss-reactive ketones (excluding diaryl/α,β-unsaturated/α-hetero) is 1. The monoisotopic (exact) mass is 261 g/mol. The zero-order valence-corrected chi connectivity index (χ0v) is 12.0. The second-order valence-corrected chi connectivity index (χ2v) is 5.44. The van der Waals surface area contributed by atoms with Crippen molar-refractivity contribution in [3.8, 4) is 5.75 Å². The normalized spacial score (nSPS) is 16.8. The maximum Gasteiger partial charge on any atom is 0.166 e. The summed E-state index contributed by atoms with van der Waals surface area (Å²) in [6, 6.07) is 5.77. The Balaban J connectivity index is 2.10. The lowest BCUT2D eigenvalue weighted by atomic mass is 9.94. The molecule has 0 amide bonds. The predicted octanol–water partition coefficient (Wildman–Crippen LogP) is 2.82. The van der Waals surface area contributed by atoms with E-state index in [1.54, 1.807) is 0 Å². The van der Waals surface area contributed by atoms with Crippen LogP contribution in [0.5, 0.6) is 5.75 Å². The third kappa shape index (κ3) is 3.16. The van der Waals surface area contributed by atoms with Crippen molar-refractivity contribution in [3.63, 3.8) is 0 Å². The number of hydrogen-bond donors (Lipinski definition) is 1. The number of carbonyl (C=O) groups excluding carboxylic acids is 1. The molecule has 0 radical (unpaired) electrons. The first kappa shape index (κ1) is 14.1. The van der Waals surface area contributed by atoms with Gasteiger partial charge in [0, 0.05) is 36.1 Å². The molecule has 3 heteroatoms. The molecule has 3 nitrogen and oxygen atoms in total. The lowest BCUT2D eigenvalue weighted by Gasteiger charge is -2.27. The molecule has 0 spiro atoms.